The molecule has 0 fully saturated rings. The minimum atomic E-state index is 0.250. The normalized spacial score (nSPS) is 14.1. The van der Waals surface area contributed by atoms with E-state index >= 15 is 0 Å². The molecule has 4 rings (SSSR count). The molecule has 1 aliphatic heterocycles. The SMILES string of the molecule is C[C@@H](NCc1cc(Br)c2c(c1)OCO2)c1cccc2ccccc12. The van der Waals surface area contributed by atoms with Gasteiger partial charge in [0, 0.05) is 12.6 Å². The van der Waals surface area contributed by atoms with E-state index in [1.54, 1.807) is 0 Å². The number of rotatable bonds is 4. The Morgan fingerprint density at radius 3 is 2.83 bits per heavy atom. The molecule has 0 radical (unpaired) electrons. The monoisotopic (exact) mass is 383 g/mol. The minimum absolute atomic E-state index is 0.250. The summed E-state index contributed by atoms with van der Waals surface area (Å²) in [5.74, 6) is 1.60. The lowest BCUT2D eigenvalue weighted by Crippen LogP contribution is -2.18. The van der Waals surface area contributed by atoms with Crippen molar-refractivity contribution in [1.82, 2.24) is 5.32 Å². The Kier molecular flexibility index (Phi) is 4.17. The van der Waals surface area contributed by atoms with Gasteiger partial charge < -0.3 is 14.8 Å². The van der Waals surface area contributed by atoms with Crippen LogP contribution in [0.5, 0.6) is 11.5 Å². The third kappa shape index (κ3) is 2.87. The highest BCUT2D eigenvalue weighted by Crippen LogP contribution is 2.40. The van der Waals surface area contributed by atoms with E-state index in [2.05, 4.69) is 76.7 Å². The Bertz CT molecular complexity index is 889. The van der Waals surface area contributed by atoms with E-state index in [4.69, 9.17) is 9.47 Å². The van der Waals surface area contributed by atoms with Crippen molar-refractivity contribution in [3.8, 4) is 11.5 Å². The van der Waals surface area contributed by atoms with Crippen molar-refractivity contribution >= 4 is 26.7 Å². The van der Waals surface area contributed by atoms with Crippen LogP contribution < -0.4 is 14.8 Å². The second-order valence-corrected chi connectivity index (χ2v) is 6.84. The number of benzene rings is 3. The van der Waals surface area contributed by atoms with Crippen LogP contribution in [0.25, 0.3) is 10.8 Å². The molecular formula is C20H18BrNO2. The first-order chi connectivity index (χ1) is 11.7. The fourth-order valence-corrected chi connectivity index (χ4v) is 3.74. The quantitative estimate of drug-likeness (QED) is 0.672. The van der Waals surface area contributed by atoms with Gasteiger partial charge in [-0.15, -0.1) is 0 Å². The van der Waals surface area contributed by atoms with Crippen molar-refractivity contribution in [2.45, 2.75) is 19.5 Å². The zero-order valence-electron chi connectivity index (χ0n) is 13.4. The number of hydrogen-bond donors (Lipinski definition) is 1. The summed E-state index contributed by atoms with van der Waals surface area (Å²) in [6, 6.07) is 19.3. The van der Waals surface area contributed by atoms with Crippen molar-refractivity contribution in [3.63, 3.8) is 0 Å². The molecular weight excluding hydrogens is 366 g/mol. The zero-order chi connectivity index (χ0) is 16.5. The standard InChI is InChI=1S/C20H18BrNO2/c1-13(16-8-4-6-15-5-2-3-7-17(15)16)22-11-14-9-18(21)20-19(10-14)23-12-24-20/h2-10,13,22H,11-12H2,1H3/t13-/m1/s1. The number of nitrogens with one attached hydrogen (secondary N) is 1. The van der Waals surface area contributed by atoms with E-state index in [0.29, 0.717) is 0 Å². The van der Waals surface area contributed by atoms with Crippen molar-refractivity contribution in [3.05, 3.63) is 70.2 Å². The molecule has 0 aromatic heterocycles. The predicted molar refractivity (Wildman–Crippen MR) is 99.5 cm³/mol. The molecule has 122 valence electrons. The molecule has 3 aromatic carbocycles. The van der Waals surface area contributed by atoms with Crippen LogP contribution in [0.1, 0.15) is 24.1 Å². The number of fused-ring (bicyclic) bond motifs is 2. The fraction of sp³-hybridized carbons (Fsp3) is 0.200. The van der Waals surface area contributed by atoms with Gasteiger partial charge in [-0.3, -0.25) is 0 Å². The first kappa shape index (κ1) is 15.5. The highest BCUT2D eigenvalue weighted by molar-refractivity contribution is 9.10. The Labute approximate surface area is 149 Å². The molecule has 3 aromatic rings. The van der Waals surface area contributed by atoms with Crippen molar-refractivity contribution in [2.75, 3.05) is 6.79 Å². The number of halogens is 1. The molecule has 0 bridgehead atoms. The van der Waals surface area contributed by atoms with Gasteiger partial charge >= 0.3 is 0 Å². The molecule has 1 aliphatic rings. The van der Waals surface area contributed by atoms with Gasteiger partial charge in [-0.1, -0.05) is 42.5 Å². The van der Waals surface area contributed by atoms with Crippen LogP contribution in [0.2, 0.25) is 0 Å². The molecule has 24 heavy (non-hydrogen) atoms. The van der Waals surface area contributed by atoms with Gasteiger partial charge in [0.1, 0.15) is 0 Å². The predicted octanol–water partition coefficient (Wildman–Crippen LogP) is 5.18. The molecule has 0 amide bonds. The van der Waals surface area contributed by atoms with Crippen LogP contribution in [-0.2, 0) is 6.54 Å². The summed E-state index contributed by atoms with van der Waals surface area (Å²) >= 11 is 3.55. The molecule has 0 aliphatic carbocycles. The Balaban J connectivity index is 1.54. The summed E-state index contributed by atoms with van der Waals surface area (Å²) in [7, 11) is 0. The lowest BCUT2D eigenvalue weighted by molar-refractivity contribution is 0.173. The highest BCUT2D eigenvalue weighted by atomic mass is 79.9. The smallest absolute Gasteiger partial charge is 0.231 e. The summed E-state index contributed by atoms with van der Waals surface area (Å²) < 4.78 is 11.9. The van der Waals surface area contributed by atoms with Gasteiger partial charge in [0.25, 0.3) is 0 Å². The van der Waals surface area contributed by atoms with Crippen LogP contribution in [-0.4, -0.2) is 6.79 Å². The van der Waals surface area contributed by atoms with Crippen molar-refractivity contribution in [2.24, 2.45) is 0 Å². The lowest BCUT2D eigenvalue weighted by Gasteiger charge is -2.17. The molecule has 4 heteroatoms. The highest BCUT2D eigenvalue weighted by Gasteiger charge is 2.18. The van der Waals surface area contributed by atoms with Crippen LogP contribution in [0, 0.1) is 0 Å². The summed E-state index contributed by atoms with van der Waals surface area (Å²) in [4.78, 5) is 0. The molecule has 1 N–H and O–H groups in total. The van der Waals surface area contributed by atoms with Gasteiger partial charge in [-0.05, 0) is 56.9 Å². The summed E-state index contributed by atoms with van der Waals surface area (Å²) in [5, 5.41) is 6.18. The average molecular weight is 384 g/mol. The average Bonchev–Trinajstić information content (AvgIpc) is 3.08. The van der Waals surface area contributed by atoms with Crippen LogP contribution in [0.3, 0.4) is 0 Å². The third-order valence-electron chi connectivity index (χ3n) is 4.39. The van der Waals surface area contributed by atoms with E-state index in [0.717, 1.165) is 22.5 Å². The van der Waals surface area contributed by atoms with E-state index in [9.17, 15) is 0 Å². The molecule has 0 saturated heterocycles. The first-order valence-corrected chi connectivity index (χ1v) is 8.81. The van der Waals surface area contributed by atoms with E-state index in [-0.39, 0.29) is 12.8 Å². The number of hydrogen-bond acceptors (Lipinski definition) is 3. The maximum absolute atomic E-state index is 5.49. The topological polar surface area (TPSA) is 30.5 Å². The second-order valence-electron chi connectivity index (χ2n) is 5.98. The molecule has 1 heterocycles. The third-order valence-corrected chi connectivity index (χ3v) is 4.98. The molecule has 0 saturated carbocycles. The van der Waals surface area contributed by atoms with Crippen LogP contribution in [0.4, 0.5) is 0 Å². The maximum atomic E-state index is 5.49. The van der Waals surface area contributed by atoms with Gasteiger partial charge in [0.2, 0.25) is 6.79 Å². The Morgan fingerprint density at radius 1 is 1.08 bits per heavy atom. The van der Waals surface area contributed by atoms with Crippen LogP contribution in [0.15, 0.2) is 59.1 Å². The summed E-state index contributed by atoms with van der Waals surface area (Å²) in [6.45, 7) is 3.25. The Morgan fingerprint density at radius 2 is 1.92 bits per heavy atom. The Hall–Kier alpha value is -2.04. The van der Waals surface area contributed by atoms with E-state index in [1.165, 1.54) is 21.9 Å². The van der Waals surface area contributed by atoms with Gasteiger partial charge in [-0.25, -0.2) is 0 Å². The van der Waals surface area contributed by atoms with Crippen molar-refractivity contribution in [1.29, 1.82) is 0 Å². The summed E-state index contributed by atoms with van der Waals surface area (Å²) in [5.41, 5.74) is 2.48. The fourth-order valence-electron chi connectivity index (χ4n) is 3.13. The lowest BCUT2D eigenvalue weighted by atomic mass is 9.99. The van der Waals surface area contributed by atoms with Gasteiger partial charge in [0.05, 0.1) is 4.47 Å². The van der Waals surface area contributed by atoms with E-state index < -0.39 is 0 Å². The minimum Gasteiger partial charge on any atom is -0.454 e. The van der Waals surface area contributed by atoms with Gasteiger partial charge in [-0.2, -0.15) is 0 Å². The second kappa shape index (κ2) is 6.46. The van der Waals surface area contributed by atoms with Gasteiger partial charge in [0.15, 0.2) is 11.5 Å². The largest absolute Gasteiger partial charge is 0.454 e. The van der Waals surface area contributed by atoms with Crippen LogP contribution >= 0.6 is 15.9 Å². The van der Waals surface area contributed by atoms with Crippen molar-refractivity contribution < 1.29 is 9.47 Å². The molecule has 3 nitrogen and oxygen atoms in total. The molecule has 1 atom stereocenters. The zero-order valence-corrected chi connectivity index (χ0v) is 15.0. The molecule has 0 spiro atoms. The number of ether oxygens (including phenoxy) is 2. The summed E-state index contributed by atoms with van der Waals surface area (Å²) in [6.07, 6.45) is 0. The maximum Gasteiger partial charge on any atom is 0.231 e. The van der Waals surface area contributed by atoms with E-state index in [1.807, 2.05) is 6.07 Å². The first-order valence-electron chi connectivity index (χ1n) is 8.01. The molecule has 0 unspecified atom stereocenters.